The summed E-state index contributed by atoms with van der Waals surface area (Å²) >= 11 is 5.13. The quantitative estimate of drug-likeness (QED) is 0.708. The van der Waals surface area contributed by atoms with Gasteiger partial charge in [0.05, 0.1) is 6.10 Å². The van der Waals surface area contributed by atoms with Gasteiger partial charge in [0.25, 0.3) is 5.91 Å². The average Bonchev–Trinajstić information content (AvgIpc) is 3.29. The molecule has 2 amide bonds. The Morgan fingerprint density at radius 1 is 1.25 bits per heavy atom. The Morgan fingerprint density at radius 3 is 2.79 bits per heavy atom. The molecule has 7 heteroatoms. The zero-order chi connectivity index (χ0) is 16.9. The van der Waals surface area contributed by atoms with E-state index >= 15 is 0 Å². The van der Waals surface area contributed by atoms with Gasteiger partial charge in [-0.2, -0.15) is 0 Å². The second-order valence-corrected chi connectivity index (χ2v) is 6.55. The molecule has 128 valence electrons. The molecule has 3 rings (SSSR count). The molecule has 1 atom stereocenters. The maximum Gasteiger partial charge on any atom is 0.251 e. The van der Waals surface area contributed by atoms with Crippen molar-refractivity contribution in [2.45, 2.75) is 31.8 Å². The number of hydrogen-bond acceptors (Lipinski definition) is 4. The molecule has 1 aliphatic heterocycles. The first kappa shape index (κ1) is 16.9. The summed E-state index contributed by atoms with van der Waals surface area (Å²) < 4.78 is 5.49. The van der Waals surface area contributed by atoms with E-state index in [9.17, 15) is 9.59 Å². The Labute approximate surface area is 146 Å². The molecule has 3 N–H and O–H groups in total. The first-order valence-corrected chi connectivity index (χ1v) is 8.64. The van der Waals surface area contributed by atoms with E-state index in [0.717, 1.165) is 32.3 Å². The minimum atomic E-state index is -0.151. The van der Waals surface area contributed by atoms with Gasteiger partial charge in [-0.25, -0.2) is 0 Å². The Bertz CT molecular complexity index is 640. The van der Waals surface area contributed by atoms with Crippen LogP contribution in [0.15, 0.2) is 24.3 Å². The molecule has 0 spiro atoms. The molecule has 1 heterocycles. The average molecular weight is 347 g/mol. The van der Waals surface area contributed by atoms with E-state index in [0.29, 0.717) is 17.8 Å². The molecule has 1 aliphatic carbocycles. The minimum absolute atomic E-state index is 0.0436. The predicted octanol–water partition coefficient (Wildman–Crippen LogP) is 1.82. The highest BCUT2D eigenvalue weighted by Gasteiger charge is 2.30. The van der Waals surface area contributed by atoms with Crippen LogP contribution in [0.4, 0.5) is 5.69 Å². The molecular formula is C17H21N3O3S. The van der Waals surface area contributed by atoms with Crippen molar-refractivity contribution < 1.29 is 14.3 Å². The molecule has 6 nitrogen and oxygen atoms in total. The van der Waals surface area contributed by atoms with Gasteiger partial charge in [-0.1, -0.05) is 6.07 Å². The van der Waals surface area contributed by atoms with Crippen molar-refractivity contribution in [3.05, 3.63) is 29.8 Å². The maximum absolute atomic E-state index is 12.2. The molecule has 1 unspecified atom stereocenters. The lowest BCUT2D eigenvalue weighted by Crippen LogP contribution is -2.35. The Balaban J connectivity index is 1.51. The number of anilines is 1. The first-order chi connectivity index (χ1) is 11.6. The van der Waals surface area contributed by atoms with Crippen LogP contribution in [-0.4, -0.2) is 36.2 Å². The number of hydrogen-bond donors (Lipinski definition) is 3. The molecule has 1 aromatic rings. The first-order valence-electron chi connectivity index (χ1n) is 8.23. The van der Waals surface area contributed by atoms with Crippen molar-refractivity contribution in [1.29, 1.82) is 0 Å². The van der Waals surface area contributed by atoms with Crippen molar-refractivity contribution in [2.24, 2.45) is 5.92 Å². The van der Waals surface area contributed by atoms with Crippen molar-refractivity contribution in [3.8, 4) is 0 Å². The number of ether oxygens (including phenoxy) is 1. The Hall–Kier alpha value is -1.99. The van der Waals surface area contributed by atoms with Crippen LogP contribution in [0.1, 0.15) is 36.0 Å². The van der Waals surface area contributed by atoms with E-state index in [1.807, 2.05) is 0 Å². The standard InChI is InChI=1S/C17H21N3O3S/c21-15(18-10-14-5-2-8-23-14)12-3-1-4-13(9-12)19-17(24)20-16(22)11-6-7-11/h1,3-4,9,11,14H,2,5-8,10H2,(H,18,21)(H2,19,20,22,24). The van der Waals surface area contributed by atoms with Gasteiger partial charge in [0.2, 0.25) is 5.91 Å². The lowest BCUT2D eigenvalue weighted by molar-refractivity contribution is -0.120. The van der Waals surface area contributed by atoms with Gasteiger partial charge in [-0.05, 0) is 56.1 Å². The largest absolute Gasteiger partial charge is 0.376 e. The number of carbonyl (C=O) groups is 2. The summed E-state index contributed by atoms with van der Waals surface area (Å²) in [5, 5.41) is 8.74. The molecule has 24 heavy (non-hydrogen) atoms. The molecule has 0 bridgehead atoms. The van der Waals surface area contributed by atoms with E-state index in [4.69, 9.17) is 17.0 Å². The molecule has 1 saturated carbocycles. The second-order valence-electron chi connectivity index (χ2n) is 6.14. The van der Waals surface area contributed by atoms with Gasteiger partial charge in [0.15, 0.2) is 5.11 Å². The smallest absolute Gasteiger partial charge is 0.251 e. The SMILES string of the molecule is O=C(NCC1CCCO1)c1cccc(NC(=S)NC(=O)C2CC2)c1. The van der Waals surface area contributed by atoms with E-state index in [-0.39, 0.29) is 28.9 Å². The second kappa shape index (κ2) is 7.72. The van der Waals surface area contributed by atoms with Gasteiger partial charge in [0.1, 0.15) is 0 Å². The van der Waals surface area contributed by atoms with E-state index in [1.54, 1.807) is 24.3 Å². The van der Waals surface area contributed by atoms with Crippen LogP contribution < -0.4 is 16.0 Å². The number of nitrogens with one attached hydrogen (secondary N) is 3. The van der Waals surface area contributed by atoms with E-state index in [1.165, 1.54) is 0 Å². The summed E-state index contributed by atoms with van der Waals surface area (Å²) in [5.74, 6) is -0.0975. The summed E-state index contributed by atoms with van der Waals surface area (Å²) in [6.07, 6.45) is 3.99. The van der Waals surface area contributed by atoms with Crippen molar-refractivity contribution in [3.63, 3.8) is 0 Å². The van der Waals surface area contributed by atoms with Crippen LogP contribution in [0, 0.1) is 5.92 Å². The summed E-state index contributed by atoms with van der Waals surface area (Å²) in [4.78, 5) is 23.9. The molecule has 0 radical (unpaired) electrons. The normalized spacial score (nSPS) is 19.6. The van der Waals surface area contributed by atoms with E-state index < -0.39 is 0 Å². The van der Waals surface area contributed by atoms with Gasteiger partial charge in [0, 0.05) is 30.3 Å². The fraction of sp³-hybridized carbons (Fsp3) is 0.471. The van der Waals surface area contributed by atoms with Gasteiger partial charge in [-0.3, -0.25) is 9.59 Å². The summed E-state index contributed by atoms with van der Waals surface area (Å²) in [6, 6.07) is 7.02. The lowest BCUT2D eigenvalue weighted by Gasteiger charge is -2.12. The monoisotopic (exact) mass is 347 g/mol. The van der Waals surface area contributed by atoms with Gasteiger partial charge >= 0.3 is 0 Å². The van der Waals surface area contributed by atoms with Crippen molar-refractivity contribution >= 4 is 34.8 Å². The zero-order valence-corrected chi connectivity index (χ0v) is 14.2. The highest BCUT2D eigenvalue weighted by atomic mass is 32.1. The Kier molecular flexibility index (Phi) is 5.42. The number of rotatable bonds is 5. The molecule has 1 saturated heterocycles. The summed E-state index contributed by atoms with van der Waals surface area (Å²) in [7, 11) is 0. The summed E-state index contributed by atoms with van der Waals surface area (Å²) in [6.45, 7) is 1.29. The maximum atomic E-state index is 12.2. The minimum Gasteiger partial charge on any atom is -0.376 e. The highest BCUT2D eigenvalue weighted by molar-refractivity contribution is 7.80. The number of benzene rings is 1. The lowest BCUT2D eigenvalue weighted by atomic mass is 10.1. The van der Waals surface area contributed by atoms with Gasteiger partial charge in [-0.15, -0.1) is 0 Å². The fourth-order valence-corrected chi connectivity index (χ4v) is 2.79. The number of carbonyl (C=O) groups excluding carboxylic acids is 2. The third-order valence-corrected chi connectivity index (χ3v) is 4.29. The molecule has 0 aromatic heterocycles. The van der Waals surface area contributed by atoms with Crippen LogP contribution in [-0.2, 0) is 9.53 Å². The highest BCUT2D eigenvalue weighted by Crippen LogP contribution is 2.28. The number of thiocarbonyl (C=S) groups is 1. The molecule has 1 aromatic carbocycles. The fourth-order valence-electron chi connectivity index (χ4n) is 2.57. The zero-order valence-electron chi connectivity index (χ0n) is 13.3. The summed E-state index contributed by atoms with van der Waals surface area (Å²) in [5.41, 5.74) is 1.20. The number of amides is 2. The molecule has 2 fully saturated rings. The van der Waals surface area contributed by atoms with E-state index in [2.05, 4.69) is 16.0 Å². The van der Waals surface area contributed by atoms with Crippen LogP contribution in [0.25, 0.3) is 0 Å². The molecular weight excluding hydrogens is 326 g/mol. The third kappa shape index (κ3) is 4.75. The topological polar surface area (TPSA) is 79.5 Å². The van der Waals surface area contributed by atoms with Crippen LogP contribution in [0.2, 0.25) is 0 Å². The predicted molar refractivity (Wildman–Crippen MR) is 94.8 cm³/mol. The van der Waals surface area contributed by atoms with Crippen LogP contribution in [0.5, 0.6) is 0 Å². The van der Waals surface area contributed by atoms with Gasteiger partial charge < -0.3 is 20.7 Å². The van der Waals surface area contributed by atoms with Crippen LogP contribution in [0.3, 0.4) is 0 Å². The Morgan fingerprint density at radius 2 is 2.08 bits per heavy atom. The third-order valence-electron chi connectivity index (χ3n) is 4.08. The van der Waals surface area contributed by atoms with Crippen molar-refractivity contribution in [1.82, 2.24) is 10.6 Å². The van der Waals surface area contributed by atoms with Crippen molar-refractivity contribution in [2.75, 3.05) is 18.5 Å². The van der Waals surface area contributed by atoms with Crippen LogP contribution >= 0.6 is 12.2 Å². The molecule has 2 aliphatic rings.